The van der Waals surface area contributed by atoms with E-state index in [9.17, 15) is 5.11 Å². The average Bonchev–Trinajstić information content (AvgIpc) is 2.98. The van der Waals surface area contributed by atoms with Gasteiger partial charge in [-0.1, -0.05) is 31.4 Å². The van der Waals surface area contributed by atoms with E-state index in [4.69, 9.17) is 5.73 Å². The molecule has 5 heteroatoms. The fourth-order valence-corrected chi connectivity index (χ4v) is 3.31. The van der Waals surface area contributed by atoms with Gasteiger partial charge in [-0.15, -0.1) is 0 Å². The zero-order valence-electron chi connectivity index (χ0n) is 12.8. The average molecular weight is 300 g/mol. The summed E-state index contributed by atoms with van der Waals surface area (Å²) in [6, 6.07) is 7.36. The molecule has 0 radical (unpaired) electrons. The van der Waals surface area contributed by atoms with Gasteiger partial charge in [0.2, 0.25) is 0 Å². The van der Waals surface area contributed by atoms with Crippen molar-refractivity contribution in [3.63, 3.8) is 0 Å². The van der Waals surface area contributed by atoms with Crippen LogP contribution in [0.15, 0.2) is 30.5 Å². The second-order valence-electron chi connectivity index (χ2n) is 5.89. The summed E-state index contributed by atoms with van der Waals surface area (Å²) in [6.07, 6.45) is 8.03. The van der Waals surface area contributed by atoms with Crippen LogP contribution in [0.1, 0.15) is 43.7 Å². The first kappa shape index (κ1) is 14.9. The van der Waals surface area contributed by atoms with E-state index >= 15 is 0 Å². The summed E-state index contributed by atoms with van der Waals surface area (Å²) in [7, 11) is 0. The molecule has 0 aliphatic heterocycles. The third-order valence-electron chi connectivity index (χ3n) is 4.37. The summed E-state index contributed by atoms with van der Waals surface area (Å²) >= 11 is 0. The first-order valence-corrected chi connectivity index (χ1v) is 8.11. The molecule has 0 saturated heterocycles. The van der Waals surface area contributed by atoms with Crippen LogP contribution in [0.25, 0.3) is 5.69 Å². The number of para-hydroxylation sites is 2. The van der Waals surface area contributed by atoms with Gasteiger partial charge in [0, 0.05) is 19.0 Å². The van der Waals surface area contributed by atoms with E-state index in [-0.39, 0.29) is 5.75 Å². The van der Waals surface area contributed by atoms with E-state index in [2.05, 4.69) is 10.4 Å². The Hall–Kier alpha value is -2.01. The molecule has 0 bridgehead atoms. The summed E-state index contributed by atoms with van der Waals surface area (Å²) in [5, 5.41) is 18.1. The number of benzene rings is 1. The van der Waals surface area contributed by atoms with Gasteiger partial charge in [0.15, 0.2) is 0 Å². The van der Waals surface area contributed by atoms with Gasteiger partial charge in [-0.05, 0) is 25.0 Å². The van der Waals surface area contributed by atoms with Crippen molar-refractivity contribution in [2.24, 2.45) is 5.73 Å². The Bertz CT molecular complexity index is 617. The molecule has 2 aromatic rings. The molecule has 1 fully saturated rings. The van der Waals surface area contributed by atoms with Crippen LogP contribution in [-0.4, -0.2) is 28.0 Å². The lowest BCUT2D eigenvalue weighted by Gasteiger charge is -2.24. The highest BCUT2D eigenvalue weighted by molar-refractivity contribution is 5.55. The molecular weight excluding hydrogens is 276 g/mol. The molecule has 1 aromatic carbocycles. The molecule has 118 valence electrons. The van der Waals surface area contributed by atoms with E-state index < -0.39 is 0 Å². The number of nitrogens with one attached hydrogen (secondary N) is 1. The summed E-state index contributed by atoms with van der Waals surface area (Å²) in [4.78, 5) is 0. The van der Waals surface area contributed by atoms with E-state index in [0.717, 1.165) is 17.9 Å². The minimum absolute atomic E-state index is 0.257. The lowest BCUT2D eigenvalue weighted by atomic mass is 9.86. The molecule has 0 unspecified atom stereocenters. The predicted molar refractivity (Wildman–Crippen MR) is 88.6 cm³/mol. The summed E-state index contributed by atoms with van der Waals surface area (Å²) in [5.74, 6) is 0.740. The Morgan fingerprint density at radius 3 is 2.73 bits per heavy atom. The number of nitrogens with two attached hydrogens (primary N) is 1. The van der Waals surface area contributed by atoms with Crippen molar-refractivity contribution in [1.29, 1.82) is 0 Å². The number of aromatic hydroxyl groups is 1. The normalized spacial score (nSPS) is 15.9. The van der Waals surface area contributed by atoms with Crippen molar-refractivity contribution in [1.82, 2.24) is 9.78 Å². The molecule has 1 heterocycles. The van der Waals surface area contributed by atoms with Crippen LogP contribution in [0.3, 0.4) is 0 Å². The molecule has 1 saturated carbocycles. The standard InChI is InChI=1S/C17H24N4O/c18-10-11-19-14-12-20-21(15-8-4-5-9-16(15)22)17(14)13-6-2-1-3-7-13/h4-5,8-9,12-13,19,22H,1-3,6-7,10-11,18H2. The van der Waals surface area contributed by atoms with E-state index in [1.54, 1.807) is 6.07 Å². The molecule has 1 aliphatic rings. The zero-order valence-corrected chi connectivity index (χ0v) is 12.8. The number of phenolic OH excluding ortho intramolecular Hbond substituents is 1. The minimum Gasteiger partial charge on any atom is -0.506 e. The topological polar surface area (TPSA) is 76.1 Å². The third kappa shape index (κ3) is 2.95. The van der Waals surface area contributed by atoms with Crippen LogP contribution in [0, 0.1) is 0 Å². The third-order valence-corrected chi connectivity index (χ3v) is 4.37. The van der Waals surface area contributed by atoms with Crippen LogP contribution < -0.4 is 11.1 Å². The second kappa shape index (κ2) is 6.83. The molecule has 0 spiro atoms. The quantitative estimate of drug-likeness (QED) is 0.793. The molecule has 5 nitrogen and oxygen atoms in total. The van der Waals surface area contributed by atoms with Gasteiger partial charge in [0.25, 0.3) is 0 Å². The smallest absolute Gasteiger partial charge is 0.141 e. The molecule has 4 N–H and O–H groups in total. The van der Waals surface area contributed by atoms with Gasteiger partial charge >= 0.3 is 0 Å². The van der Waals surface area contributed by atoms with Gasteiger partial charge in [0.1, 0.15) is 11.4 Å². The van der Waals surface area contributed by atoms with Crippen molar-refractivity contribution in [3.8, 4) is 11.4 Å². The van der Waals surface area contributed by atoms with Gasteiger partial charge in [-0.2, -0.15) is 5.10 Å². The van der Waals surface area contributed by atoms with Gasteiger partial charge < -0.3 is 16.2 Å². The van der Waals surface area contributed by atoms with Gasteiger partial charge in [-0.25, -0.2) is 4.68 Å². The maximum Gasteiger partial charge on any atom is 0.141 e. The molecular formula is C17H24N4O. The lowest BCUT2D eigenvalue weighted by molar-refractivity contribution is 0.427. The fraction of sp³-hybridized carbons (Fsp3) is 0.471. The number of hydrogen-bond donors (Lipinski definition) is 3. The molecule has 1 aliphatic carbocycles. The molecule has 0 atom stereocenters. The van der Waals surface area contributed by atoms with Crippen LogP contribution in [0.4, 0.5) is 5.69 Å². The lowest BCUT2D eigenvalue weighted by Crippen LogP contribution is -2.17. The summed E-state index contributed by atoms with van der Waals surface area (Å²) in [5.41, 5.74) is 8.57. The number of anilines is 1. The maximum absolute atomic E-state index is 10.2. The van der Waals surface area contributed by atoms with Crippen molar-refractivity contribution in [3.05, 3.63) is 36.2 Å². The predicted octanol–water partition coefficient (Wildman–Crippen LogP) is 3.00. The fourth-order valence-electron chi connectivity index (χ4n) is 3.31. The first-order chi connectivity index (χ1) is 10.8. The molecule has 3 rings (SSSR count). The van der Waals surface area contributed by atoms with Crippen LogP contribution in [-0.2, 0) is 0 Å². The van der Waals surface area contributed by atoms with E-state index in [0.29, 0.717) is 12.5 Å². The number of rotatable bonds is 5. The highest BCUT2D eigenvalue weighted by atomic mass is 16.3. The molecule has 22 heavy (non-hydrogen) atoms. The van der Waals surface area contributed by atoms with Crippen LogP contribution in [0.5, 0.6) is 5.75 Å². The Morgan fingerprint density at radius 2 is 2.00 bits per heavy atom. The second-order valence-corrected chi connectivity index (χ2v) is 5.89. The number of hydrogen-bond acceptors (Lipinski definition) is 4. The SMILES string of the molecule is NCCNc1cnn(-c2ccccc2O)c1C1CCCCC1. The van der Waals surface area contributed by atoms with Gasteiger partial charge in [0.05, 0.1) is 17.6 Å². The minimum atomic E-state index is 0.257. The van der Waals surface area contributed by atoms with Crippen LogP contribution in [0.2, 0.25) is 0 Å². The van der Waals surface area contributed by atoms with Crippen molar-refractivity contribution < 1.29 is 5.11 Å². The van der Waals surface area contributed by atoms with Crippen molar-refractivity contribution >= 4 is 5.69 Å². The van der Waals surface area contributed by atoms with Crippen molar-refractivity contribution in [2.45, 2.75) is 38.0 Å². The van der Waals surface area contributed by atoms with E-state index in [1.165, 1.54) is 37.8 Å². The highest BCUT2D eigenvalue weighted by Gasteiger charge is 2.24. The highest BCUT2D eigenvalue weighted by Crippen LogP contribution is 2.38. The zero-order chi connectivity index (χ0) is 15.4. The van der Waals surface area contributed by atoms with E-state index in [1.807, 2.05) is 29.1 Å². The van der Waals surface area contributed by atoms with Crippen molar-refractivity contribution in [2.75, 3.05) is 18.4 Å². The monoisotopic (exact) mass is 300 g/mol. The van der Waals surface area contributed by atoms with Gasteiger partial charge in [-0.3, -0.25) is 0 Å². The summed E-state index contributed by atoms with van der Waals surface area (Å²) in [6.45, 7) is 1.32. The Kier molecular flexibility index (Phi) is 4.63. The first-order valence-electron chi connectivity index (χ1n) is 8.11. The maximum atomic E-state index is 10.2. The number of aromatic nitrogens is 2. The number of nitrogens with zero attached hydrogens (tertiary/aromatic N) is 2. The molecule has 0 amide bonds. The largest absolute Gasteiger partial charge is 0.506 e. The summed E-state index contributed by atoms with van der Waals surface area (Å²) < 4.78 is 1.89. The Morgan fingerprint density at radius 1 is 1.23 bits per heavy atom. The Labute approximate surface area is 131 Å². The Balaban J connectivity index is 2.02. The van der Waals surface area contributed by atoms with Crippen LogP contribution >= 0.6 is 0 Å². The molecule has 1 aromatic heterocycles. The number of phenols is 1.